The van der Waals surface area contributed by atoms with Gasteiger partial charge in [-0.1, -0.05) is 12.1 Å². The molecule has 0 aliphatic carbocycles. The summed E-state index contributed by atoms with van der Waals surface area (Å²) in [6, 6.07) is 8.81. The Morgan fingerprint density at radius 1 is 0.838 bits per heavy atom. The highest BCUT2D eigenvalue weighted by molar-refractivity contribution is 5.56. The smallest absolute Gasteiger partial charge is 0.229 e. The lowest BCUT2D eigenvalue weighted by Gasteiger charge is -2.39. The predicted octanol–water partition coefficient (Wildman–Crippen LogP) is 0.0170. The number of hydrogen-bond acceptors (Lipinski definition) is 11. The predicted molar refractivity (Wildman–Crippen MR) is 129 cm³/mol. The Hall–Kier alpha value is -2.64. The zero-order chi connectivity index (χ0) is 26.7. The van der Waals surface area contributed by atoms with Crippen LogP contribution in [0.4, 0.5) is 0 Å². The maximum Gasteiger partial charge on any atom is 0.229 e. The van der Waals surface area contributed by atoms with Gasteiger partial charge in [-0.05, 0) is 42.2 Å². The van der Waals surface area contributed by atoms with Crippen LogP contribution >= 0.6 is 0 Å². The molecule has 2 aliphatic heterocycles. The standard InChI is InChI=1S/C26H34O11/c1-33-18-10-14(5-6-17(18)35-26-23(32)22(31)21(30)20(12-29)36-26)24-16(11-28)15-8-13(4-3-7-27)9-19(34-2)25(15)37-24/h5-6,8-10,16,20-24,26-32H,3-4,7,11-12H2,1-2H3/t16-,20-,21-,22+,23-,24+,26-/m0/s1. The second kappa shape index (κ2) is 11.8. The molecule has 0 amide bonds. The van der Waals surface area contributed by atoms with E-state index < -0.39 is 43.4 Å². The van der Waals surface area contributed by atoms with Gasteiger partial charge in [-0.15, -0.1) is 0 Å². The molecule has 204 valence electrons. The van der Waals surface area contributed by atoms with Crippen molar-refractivity contribution in [3.05, 3.63) is 47.0 Å². The summed E-state index contributed by atoms with van der Waals surface area (Å²) in [4.78, 5) is 0. The van der Waals surface area contributed by atoms with Crippen molar-refractivity contribution in [3.8, 4) is 23.0 Å². The zero-order valence-corrected chi connectivity index (χ0v) is 20.7. The normalized spacial score (nSPS) is 28.9. The minimum atomic E-state index is -1.57. The van der Waals surface area contributed by atoms with Gasteiger partial charge in [0.05, 0.1) is 33.4 Å². The molecule has 2 aromatic carbocycles. The SMILES string of the molecule is COc1cc([C@H]2Oc3c(OC)cc(CCCO)cc3[C@@H]2CO)ccc1O[C@H]1O[C@@H](CO)[C@H](O)[C@@H](O)[C@@H]1O. The van der Waals surface area contributed by atoms with Gasteiger partial charge < -0.3 is 54.3 Å². The summed E-state index contributed by atoms with van der Waals surface area (Å²) < 4.78 is 28.5. The molecule has 11 heteroatoms. The fourth-order valence-corrected chi connectivity index (χ4v) is 4.78. The van der Waals surface area contributed by atoms with E-state index in [0.717, 1.165) is 11.1 Å². The van der Waals surface area contributed by atoms with Crippen LogP contribution in [-0.2, 0) is 11.2 Å². The van der Waals surface area contributed by atoms with Gasteiger partial charge in [0.25, 0.3) is 0 Å². The second-order valence-electron chi connectivity index (χ2n) is 9.10. The maximum atomic E-state index is 10.3. The molecule has 0 spiro atoms. The van der Waals surface area contributed by atoms with Crippen LogP contribution in [0.2, 0.25) is 0 Å². The third kappa shape index (κ3) is 5.34. The molecular formula is C26H34O11. The van der Waals surface area contributed by atoms with Crippen molar-refractivity contribution in [2.45, 2.75) is 55.6 Å². The van der Waals surface area contributed by atoms with Crippen molar-refractivity contribution < 1.29 is 54.3 Å². The van der Waals surface area contributed by atoms with Gasteiger partial charge >= 0.3 is 0 Å². The van der Waals surface area contributed by atoms with E-state index in [2.05, 4.69) is 0 Å². The van der Waals surface area contributed by atoms with Crippen molar-refractivity contribution in [1.29, 1.82) is 0 Å². The first-order valence-electron chi connectivity index (χ1n) is 12.1. The molecule has 2 heterocycles. The number of aliphatic hydroxyl groups is 6. The zero-order valence-electron chi connectivity index (χ0n) is 20.7. The molecule has 0 bridgehead atoms. The van der Waals surface area contributed by atoms with Gasteiger partial charge in [0, 0.05) is 12.2 Å². The number of ether oxygens (including phenoxy) is 5. The molecule has 6 N–H and O–H groups in total. The highest BCUT2D eigenvalue weighted by Crippen LogP contribution is 2.51. The number of methoxy groups -OCH3 is 2. The molecular weight excluding hydrogens is 488 g/mol. The lowest BCUT2D eigenvalue weighted by molar-refractivity contribution is -0.277. The molecule has 4 rings (SSSR count). The van der Waals surface area contributed by atoms with Crippen molar-refractivity contribution in [1.82, 2.24) is 0 Å². The fourth-order valence-electron chi connectivity index (χ4n) is 4.78. The average molecular weight is 523 g/mol. The summed E-state index contributed by atoms with van der Waals surface area (Å²) in [6.07, 6.45) is -6.42. The Labute approximate surface area is 214 Å². The number of hydrogen-bond donors (Lipinski definition) is 6. The molecule has 11 nitrogen and oxygen atoms in total. The van der Waals surface area contributed by atoms with Gasteiger partial charge in [-0.25, -0.2) is 0 Å². The van der Waals surface area contributed by atoms with E-state index in [1.165, 1.54) is 7.11 Å². The molecule has 7 atom stereocenters. The van der Waals surface area contributed by atoms with Crippen LogP contribution in [0.15, 0.2) is 30.3 Å². The Bertz CT molecular complexity index is 1060. The lowest BCUT2D eigenvalue weighted by Crippen LogP contribution is -2.60. The topological polar surface area (TPSA) is 168 Å². The molecule has 0 aromatic heterocycles. The minimum absolute atomic E-state index is 0.0687. The maximum absolute atomic E-state index is 10.3. The van der Waals surface area contributed by atoms with E-state index >= 15 is 0 Å². The van der Waals surface area contributed by atoms with E-state index in [1.807, 2.05) is 12.1 Å². The lowest BCUT2D eigenvalue weighted by atomic mass is 9.90. The first-order chi connectivity index (χ1) is 17.9. The van der Waals surface area contributed by atoms with Crippen molar-refractivity contribution in [3.63, 3.8) is 0 Å². The highest BCUT2D eigenvalue weighted by Gasteiger charge is 2.45. The Morgan fingerprint density at radius 3 is 2.24 bits per heavy atom. The second-order valence-corrected chi connectivity index (χ2v) is 9.10. The van der Waals surface area contributed by atoms with E-state index in [4.69, 9.17) is 23.7 Å². The van der Waals surface area contributed by atoms with E-state index in [1.54, 1.807) is 25.3 Å². The molecule has 2 aliphatic rings. The Morgan fingerprint density at radius 2 is 1.59 bits per heavy atom. The molecule has 0 saturated carbocycles. The number of fused-ring (bicyclic) bond motifs is 1. The third-order valence-electron chi connectivity index (χ3n) is 6.80. The van der Waals surface area contributed by atoms with Gasteiger partial charge in [0.1, 0.15) is 30.5 Å². The summed E-state index contributed by atoms with van der Waals surface area (Å²) in [7, 11) is 2.98. The Balaban J connectivity index is 1.60. The molecule has 0 unspecified atom stereocenters. The number of aryl methyl sites for hydroxylation is 1. The van der Waals surface area contributed by atoms with Crippen LogP contribution in [0.5, 0.6) is 23.0 Å². The number of benzene rings is 2. The molecule has 37 heavy (non-hydrogen) atoms. The van der Waals surface area contributed by atoms with Crippen molar-refractivity contribution in [2.75, 3.05) is 34.0 Å². The van der Waals surface area contributed by atoms with Crippen LogP contribution in [0.25, 0.3) is 0 Å². The summed E-state index contributed by atoms with van der Waals surface area (Å²) in [5, 5.41) is 59.2. The first-order valence-corrected chi connectivity index (χ1v) is 12.1. The minimum Gasteiger partial charge on any atom is -0.493 e. The third-order valence-corrected chi connectivity index (χ3v) is 6.80. The van der Waals surface area contributed by atoms with Gasteiger partial charge in [0.15, 0.2) is 23.0 Å². The van der Waals surface area contributed by atoms with E-state index in [-0.39, 0.29) is 30.6 Å². The monoisotopic (exact) mass is 522 g/mol. The molecule has 2 aromatic rings. The summed E-state index contributed by atoms with van der Waals surface area (Å²) >= 11 is 0. The number of aliphatic hydroxyl groups excluding tert-OH is 6. The largest absolute Gasteiger partial charge is 0.493 e. The molecule has 1 saturated heterocycles. The number of rotatable bonds is 10. The average Bonchev–Trinajstić information content (AvgIpc) is 3.30. The van der Waals surface area contributed by atoms with Gasteiger partial charge in [-0.3, -0.25) is 0 Å². The fraction of sp³-hybridized carbons (Fsp3) is 0.538. The van der Waals surface area contributed by atoms with Crippen LogP contribution in [0.3, 0.4) is 0 Å². The summed E-state index contributed by atoms with van der Waals surface area (Å²) in [5.74, 6) is 1.16. The van der Waals surface area contributed by atoms with Gasteiger partial charge in [0.2, 0.25) is 6.29 Å². The summed E-state index contributed by atoms with van der Waals surface area (Å²) in [6.45, 7) is -0.691. The Kier molecular flexibility index (Phi) is 8.75. The van der Waals surface area contributed by atoms with E-state index in [9.17, 15) is 30.6 Å². The van der Waals surface area contributed by atoms with Crippen LogP contribution in [0.1, 0.15) is 35.1 Å². The quantitative estimate of drug-likeness (QED) is 0.249. The highest BCUT2D eigenvalue weighted by atomic mass is 16.7. The van der Waals surface area contributed by atoms with Crippen LogP contribution in [0, 0.1) is 0 Å². The van der Waals surface area contributed by atoms with Crippen LogP contribution in [-0.4, -0.2) is 95.4 Å². The molecule has 1 fully saturated rings. The summed E-state index contributed by atoms with van der Waals surface area (Å²) in [5.41, 5.74) is 2.46. The van der Waals surface area contributed by atoms with Crippen LogP contribution < -0.4 is 18.9 Å². The van der Waals surface area contributed by atoms with Crippen molar-refractivity contribution >= 4 is 0 Å². The first kappa shape index (κ1) is 27.4. The molecule has 0 radical (unpaired) electrons. The van der Waals surface area contributed by atoms with Gasteiger partial charge in [-0.2, -0.15) is 0 Å². The van der Waals surface area contributed by atoms with E-state index in [0.29, 0.717) is 29.9 Å². The van der Waals surface area contributed by atoms with Crippen molar-refractivity contribution in [2.24, 2.45) is 0 Å².